The summed E-state index contributed by atoms with van der Waals surface area (Å²) < 4.78 is 43.1. The number of carbonyl (C=O) groups excluding carboxylic acids is 1. The van der Waals surface area contributed by atoms with Gasteiger partial charge in [0.2, 0.25) is 5.95 Å². The monoisotopic (exact) mass is 278 g/mol. The van der Waals surface area contributed by atoms with Gasteiger partial charge in [0.25, 0.3) is 12.1 Å². The highest BCUT2D eigenvalue weighted by molar-refractivity contribution is 5.74. The number of ether oxygens (including phenoxy) is 1. The van der Waals surface area contributed by atoms with Crippen molar-refractivity contribution in [2.45, 2.75) is 19.8 Å². The lowest BCUT2D eigenvalue weighted by Gasteiger charge is -2.09. The van der Waals surface area contributed by atoms with Crippen molar-refractivity contribution in [3.8, 4) is 0 Å². The molecule has 6 nitrogen and oxygen atoms in total. The third-order valence-corrected chi connectivity index (χ3v) is 2.20. The maximum absolute atomic E-state index is 13.2. The Labute approximate surface area is 105 Å². The van der Waals surface area contributed by atoms with Gasteiger partial charge >= 0.3 is 5.97 Å². The SMILES string of the molecule is CCOC(=O)Cc1c([N+](=O)[O-])cnc(F)c1C(F)F. The van der Waals surface area contributed by atoms with Crippen LogP contribution in [0.4, 0.5) is 18.9 Å². The van der Waals surface area contributed by atoms with Crippen molar-refractivity contribution in [1.29, 1.82) is 0 Å². The number of halogens is 3. The largest absolute Gasteiger partial charge is 0.466 e. The molecule has 19 heavy (non-hydrogen) atoms. The molecular formula is C10H9F3N2O4. The van der Waals surface area contributed by atoms with Crippen molar-refractivity contribution in [2.24, 2.45) is 0 Å². The summed E-state index contributed by atoms with van der Waals surface area (Å²) in [5.74, 6) is -2.50. The van der Waals surface area contributed by atoms with Crippen LogP contribution in [0, 0.1) is 16.1 Å². The summed E-state index contributed by atoms with van der Waals surface area (Å²) >= 11 is 0. The fourth-order valence-corrected chi connectivity index (χ4v) is 1.45. The molecule has 0 aliphatic carbocycles. The molecule has 1 aromatic heterocycles. The van der Waals surface area contributed by atoms with Gasteiger partial charge in [-0.2, -0.15) is 4.39 Å². The van der Waals surface area contributed by atoms with Crippen LogP contribution in [0.15, 0.2) is 6.20 Å². The van der Waals surface area contributed by atoms with E-state index in [0.717, 1.165) is 0 Å². The molecule has 0 bridgehead atoms. The van der Waals surface area contributed by atoms with Gasteiger partial charge in [-0.25, -0.2) is 13.8 Å². The zero-order valence-corrected chi connectivity index (χ0v) is 9.73. The molecule has 1 rings (SSSR count). The van der Waals surface area contributed by atoms with Crippen LogP contribution in [0.5, 0.6) is 0 Å². The minimum Gasteiger partial charge on any atom is -0.466 e. The number of carbonyl (C=O) groups is 1. The van der Waals surface area contributed by atoms with Gasteiger partial charge in [0.05, 0.1) is 29.1 Å². The summed E-state index contributed by atoms with van der Waals surface area (Å²) in [6.45, 7) is 1.46. The van der Waals surface area contributed by atoms with Crippen molar-refractivity contribution >= 4 is 11.7 Å². The number of hydrogen-bond donors (Lipinski definition) is 0. The zero-order valence-electron chi connectivity index (χ0n) is 9.73. The highest BCUT2D eigenvalue weighted by atomic mass is 19.3. The number of pyridine rings is 1. The molecular weight excluding hydrogens is 269 g/mol. The topological polar surface area (TPSA) is 82.3 Å². The smallest absolute Gasteiger partial charge is 0.310 e. The number of aromatic nitrogens is 1. The predicted molar refractivity (Wildman–Crippen MR) is 56.1 cm³/mol. The second kappa shape index (κ2) is 6.12. The van der Waals surface area contributed by atoms with Crippen molar-refractivity contribution in [2.75, 3.05) is 6.61 Å². The average Bonchev–Trinajstić information content (AvgIpc) is 2.28. The molecule has 9 heteroatoms. The first-order valence-electron chi connectivity index (χ1n) is 5.13. The van der Waals surface area contributed by atoms with Crippen LogP contribution in [0.1, 0.15) is 24.5 Å². The van der Waals surface area contributed by atoms with Gasteiger partial charge in [-0.15, -0.1) is 0 Å². The summed E-state index contributed by atoms with van der Waals surface area (Å²) in [5.41, 5.74) is -2.81. The molecule has 0 atom stereocenters. The first-order chi connectivity index (χ1) is 8.88. The van der Waals surface area contributed by atoms with E-state index in [1.807, 2.05) is 0 Å². The Hall–Kier alpha value is -2.19. The second-order valence-electron chi connectivity index (χ2n) is 3.37. The Balaban J connectivity index is 3.33. The van der Waals surface area contributed by atoms with Gasteiger partial charge in [0.1, 0.15) is 6.20 Å². The molecule has 0 saturated heterocycles. The minimum atomic E-state index is -3.32. The van der Waals surface area contributed by atoms with E-state index in [-0.39, 0.29) is 6.61 Å². The molecule has 1 aromatic rings. The van der Waals surface area contributed by atoms with Crippen LogP contribution in [-0.4, -0.2) is 22.5 Å². The molecule has 0 aliphatic rings. The van der Waals surface area contributed by atoms with E-state index >= 15 is 0 Å². The first kappa shape index (κ1) is 14.9. The molecule has 0 spiro atoms. The van der Waals surface area contributed by atoms with Gasteiger partial charge in [-0.3, -0.25) is 14.9 Å². The zero-order chi connectivity index (χ0) is 14.6. The van der Waals surface area contributed by atoms with Crippen LogP contribution in [0.2, 0.25) is 0 Å². The number of alkyl halides is 2. The average molecular weight is 278 g/mol. The standard InChI is InChI=1S/C10H9F3N2O4/c1-2-19-7(16)3-5-6(15(17)18)4-14-10(13)8(5)9(11)12/h4,9H,2-3H2,1H3. The first-order valence-corrected chi connectivity index (χ1v) is 5.13. The van der Waals surface area contributed by atoms with Crippen molar-refractivity contribution in [3.05, 3.63) is 33.4 Å². The summed E-state index contributed by atoms with van der Waals surface area (Å²) in [5, 5.41) is 10.7. The second-order valence-corrected chi connectivity index (χ2v) is 3.37. The molecule has 0 aliphatic heterocycles. The molecule has 1 heterocycles. The van der Waals surface area contributed by atoms with E-state index in [2.05, 4.69) is 9.72 Å². The third-order valence-electron chi connectivity index (χ3n) is 2.20. The van der Waals surface area contributed by atoms with Crippen LogP contribution in [0.3, 0.4) is 0 Å². The van der Waals surface area contributed by atoms with Gasteiger partial charge in [-0.1, -0.05) is 0 Å². The lowest BCUT2D eigenvalue weighted by atomic mass is 10.1. The Bertz CT molecular complexity index is 508. The molecule has 0 amide bonds. The summed E-state index contributed by atoms with van der Waals surface area (Å²) in [6, 6.07) is 0. The molecule has 0 fully saturated rings. The fraction of sp³-hybridized carbons (Fsp3) is 0.400. The number of rotatable bonds is 5. The van der Waals surface area contributed by atoms with Crippen LogP contribution >= 0.6 is 0 Å². The Morgan fingerprint density at radius 2 is 2.21 bits per heavy atom. The number of hydrogen-bond acceptors (Lipinski definition) is 5. The van der Waals surface area contributed by atoms with Gasteiger partial charge in [-0.05, 0) is 6.92 Å². The molecule has 0 N–H and O–H groups in total. The Morgan fingerprint density at radius 3 is 2.68 bits per heavy atom. The number of nitro groups is 1. The Kier molecular flexibility index (Phi) is 4.79. The van der Waals surface area contributed by atoms with Gasteiger partial charge in [0.15, 0.2) is 0 Å². The molecule has 0 saturated carbocycles. The van der Waals surface area contributed by atoms with E-state index in [1.165, 1.54) is 6.92 Å². The molecule has 0 radical (unpaired) electrons. The fourth-order valence-electron chi connectivity index (χ4n) is 1.45. The number of nitrogens with zero attached hydrogens (tertiary/aromatic N) is 2. The highest BCUT2D eigenvalue weighted by Crippen LogP contribution is 2.31. The number of esters is 1. The normalized spacial score (nSPS) is 10.6. The maximum Gasteiger partial charge on any atom is 0.310 e. The highest BCUT2D eigenvalue weighted by Gasteiger charge is 2.29. The molecule has 0 aromatic carbocycles. The van der Waals surface area contributed by atoms with E-state index < -0.39 is 46.5 Å². The molecule has 104 valence electrons. The minimum absolute atomic E-state index is 0.0236. The van der Waals surface area contributed by atoms with Crippen LogP contribution < -0.4 is 0 Å². The van der Waals surface area contributed by atoms with Crippen LogP contribution in [0.25, 0.3) is 0 Å². The Morgan fingerprint density at radius 1 is 1.58 bits per heavy atom. The lowest BCUT2D eigenvalue weighted by molar-refractivity contribution is -0.386. The predicted octanol–water partition coefficient (Wildman–Crippen LogP) is 2.17. The third kappa shape index (κ3) is 3.39. The summed E-state index contributed by atoms with van der Waals surface area (Å²) in [7, 11) is 0. The quantitative estimate of drug-likeness (QED) is 0.357. The molecule has 0 unspecified atom stereocenters. The van der Waals surface area contributed by atoms with Crippen LogP contribution in [-0.2, 0) is 16.0 Å². The van der Waals surface area contributed by atoms with Crippen molar-refractivity contribution in [3.63, 3.8) is 0 Å². The summed E-state index contributed by atoms with van der Waals surface area (Å²) in [4.78, 5) is 23.8. The van der Waals surface area contributed by atoms with Gasteiger partial charge < -0.3 is 4.74 Å². The lowest BCUT2D eigenvalue weighted by Crippen LogP contribution is -2.13. The van der Waals surface area contributed by atoms with E-state index in [9.17, 15) is 28.1 Å². The maximum atomic E-state index is 13.2. The van der Waals surface area contributed by atoms with E-state index in [4.69, 9.17) is 0 Å². The van der Waals surface area contributed by atoms with Crippen molar-refractivity contribution in [1.82, 2.24) is 4.98 Å². The van der Waals surface area contributed by atoms with Gasteiger partial charge in [0, 0.05) is 0 Å². The van der Waals surface area contributed by atoms with E-state index in [1.54, 1.807) is 0 Å². The van der Waals surface area contributed by atoms with E-state index in [0.29, 0.717) is 6.20 Å². The summed E-state index contributed by atoms with van der Waals surface area (Å²) in [6.07, 6.45) is -3.64. The van der Waals surface area contributed by atoms with Crippen molar-refractivity contribution < 1.29 is 27.6 Å².